The van der Waals surface area contributed by atoms with E-state index >= 15 is 0 Å². The summed E-state index contributed by atoms with van der Waals surface area (Å²) in [7, 11) is 0. The van der Waals surface area contributed by atoms with Gasteiger partial charge in [-0.2, -0.15) is 0 Å². The van der Waals surface area contributed by atoms with E-state index in [1.807, 2.05) is 31.2 Å². The van der Waals surface area contributed by atoms with E-state index in [0.29, 0.717) is 6.54 Å². The van der Waals surface area contributed by atoms with Crippen LogP contribution in [-0.2, 0) is 4.79 Å². The average Bonchev–Trinajstić information content (AvgIpc) is 3.02. The lowest BCUT2D eigenvalue weighted by molar-refractivity contribution is -0.120. The maximum Gasteiger partial charge on any atom is 0.231 e. The first-order chi connectivity index (χ1) is 7.18. The van der Waals surface area contributed by atoms with Crippen LogP contribution in [-0.4, -0.2) is 12.5 Å². The maximum atomic E-state index is 11.9. The third kappa shape index (κ3) is 1.88. The molecule has 80 valence electrons. The van der Waals surface area contributed by atoms with Crippen molar-refractivity contribution in [2.45, 2.75) is 19.8 Å². The van der Waals surface area contributed by atoms with Crippen LogP contribution in [0.25, 0.3) is 0 Å². The lowest BCUT2D eigenvalue weighted by Gasteiger charge is -2.14. The fraction of sp³-hybridized carbons (Fsp3) is 0.417. The van der Waals surface area contributed by atoms with E-state index in [-0.39, 0.29) is 11.3 Å². The molecule has 15 heavy (non-hydrogen) atoms. The highest BCUT2D eigenvalue weighted by atomic mass is 16.2. The molecule has 0 heterocycles. The molecule has 0 bridgehead atoms. The number of amides is 1. The molecule has 1 fully saturated rings. The lowest BCUT2D eigenvalue weighted by atomic mass is 10.1. The van der Waals surface area contributed by atoms with Crippen LogP contribution in [0.3, 0.4) is 0 Å². The Morgan fingerprint density at radius 1 is 1.47 bits per heavy atom. The minimum atomic E-state index is -0.276. The number of nitrogens with two attached hydrogens (primary N) is 1. The monoisotopic (exact) mass is 204 g/mol. The molecular weight excluding hydrogens is 188 g/mol. The SMILES string of the molecule is Cc1ccccc1NC(=O)C1(CN)CC1. The summed E-state index contributed by atoms with van der Waals surface area (Å²) in [5.74, 6) is 0.0688. The molecule has 1 aliphatic carbocycles. The van der Waals surface area contributed by atoms with Gasteiger partial charge >= 0.3 is 0 Å². The van der Waals surface area contributed by atoms with Crippen LogP contribution in [0, 0.1) is 12.3 Å². The molecule has 0 saturated heterocycles. The Kier molecular flexibility index (Phi) is 2.49. The van der Waals surface area contributed by atoms with Gasteiger partial charge in [0.15, 0.2) is 0 Å². The largest absolute Gasteiger partial charge is 0.329 e. The molecule has 2 rings (SSSR count). The summed E-state index contributed by atoms with van der Waals surface area (Å²) in [5, 5.41) is 2.94. The van der Waals surface area contributed by atoms with Crippen LogP contribution < -0.4 is 11.1 Å². The molecular formula is C12H16N2O. The van der Waals surface area contributed by atoms with Gasteiger partial charge in [0.2, 0.25) is 5.91 Å². The molecule has 1 aromatic rings. The Labute approximate surface area is 89.7 Å². The first kappa shape index (κ1) is 10.2. The predicted octanol–water partition coefficient (Wildman–Crippen LogP) is 1.67. The molecule has 1 saturated carbocycles. The summed E-state index contributed by atoms with van der Waals surface area (Å²) in [6.07, 6.45) is 1.84. The zero-order chi connectivity index (χ0) is 10.9. The summed E-state index contributed by atoms with van der Waals surface area (Å²) in [6, 6.07) is 7.78. The number of benzene rings is 1. The number of carbonyl (C=O) groups excluding carboxylic acids is 1. The van der Waals surface area contributed by atoms with Gasteiger partial charge < -0.3 is 11.1 Å². The Bertz CT molecular complexity index is 383. The summed E-state index contributed by atoms with van der Waals surface area (Å²) in [4.78, 5) is 11.9. The molecule has 0 spiro atoms. The molecule has 0 aliphatic heterocycles. The van der Waals surface area contributed by atoms with Crippen molar-refractivity contribution in [1.29, 1.82) is 0 Å². The van der Waals surface area contributed by atoms with Crippen molar-refractivity contribution in [2.24, 2.45) is 11.1 Å². The second kappa shape index (κ2) is 3.66. The Balaban J connectivity index is 2.10. The van der Waals surface area contributed by atoms with Crippen LogP contribution in [0.4, 0.5) is 5.69 Å². The van der Waals surface area contributed by atoms with E-state index in [9.17, 15) is 4.79 Å². The summed E-state index contributed by atoms with van der Waals surface area (Å²) in [5.41, 5.74) is 7.30. The molecule has 0 atom stereocenters. The van der Waals surface area contributed by atoms with E-state index in [1.54, 1.807) is 0 Å². The molecule has 3 nitrogen and oxygen atoms in total. The van der Waals surface area contributed by atoms with Gasteiger partial charge in [-0.05, 0) is 31.4 Å². The minimum absolute atomic E-state index is 0.0688. The van der Waals surface area contributed by atoms with E-state index < -0.39 is 0 Å². The van der Waals surface area contributed by atoms with Gasteiger partial charge in [0.1, 0.15) is 0 Å². The minimum Gasteiger partial charge on any atom is -0.329 e. The van der Waals surface area contributed by atoms with E-state index in [0.717, 1.165) is 24.1 Å². The van der Waals surface area contributed by atoms with Crippen molar-refractivity contribution in [3.8, 4) is 0 Å². The van der Waals surface area contributed by atoms with Crippen molar-refractivity contribution < 1.29 is 4.79 Å². The van der Waals surface area contributed by atoms with Crippen molar-refractivity contribution in [3.05, 3.63) is 29.8 Å². The number of carbonyl (C=O) groups is 1. The summed E-state index contributed by atoms with van der Waals surface area (Å²) >= 11 is 0. The van der Waals surface area contributed by atoms with E-state index in [1.165, 1.54) is 0 Å². The van der Waals surface area contributed by atoms with Crippen molar-refractivity contribution in [3.63, 3.8) is 0 Å². The third-order valence-corrected chi connectivity index (χ3v) is 3.12. The van der Waals surface area contributed by atoms with Gasteiger partial charge in [0.25, 0.3) is 0 Å². The second-order valence-corrected chi connectivity index (χ2v) is 4.25. The second-order valence-electron chi connectivity index (χ2n) is 4.25. The topological polar surface area (TPSA) is 55.1 Å². The number of hydrogen-bond donors (Lipinski definition) is 2. The van der Waals surface area contributed by atoms with Crippen molar-refractivity contribution >= 4 is 11.6 Å². The van der Waals surface area contributed by atoms with Crippen molar-refractivity contribution in [2.75, 3.05) is 11.9 Å². The molecule has 3 N–H and O–H groups in total. The van der Waals surface area contributed by atoms with Crippen LogP contribution in [0.2, 0.25) is 0 Å². The highest BCUT2D eigenvalue weighted by Gasteiger charge is 2.48. The summed E-state index contributed by atoms with van der Waals surface area (Å²) in [6.45, 7) is 2.43. The fourth-order valence-corrected chi connectivity index (χ4v) is 1.64. The molecule has 1 amide bonds. The maximum absolute atomic E-state index is 11.9. The number of rotatable bonds is 3. The van der Waals surface area contributed by atoms with Gasteiger partial charge in [-0.1, -0.05) is 18.2 Å². The Morgan fingerprint density at radius 3 is 2.67 bits per heavy atom. The first-order valence-electron chi connectivity index (χ1n) is 5.25. The number of nitrogens with one attached hydrogen (secondary N) is 1. The van der Waals surface area contributed by atoms with Crippen LogP contribution in [0.5, 0.6) is 0 Å². The Morgan fingerprint density at radius 2 is 2.13 bits per heavy atom. The third-order valence-electron chi connectivity index (χ3n) is 3.12. The number of anilines is 1. The zero-order valence-electron chi connectivity index (χ0n) is 8.92. The quantitative estimate of drug-likeness (QED) is 0.787. The highest BCUT2D eigenvalue weighted by Crippen LogP contribution is 2.45. The standard InChI is InChI=1S/C12H16N2O/c1-9-4-2-3-5-10(9)14-11(15)12(8-13)6-7-12/h2-5H,6-8,13H2,1H3,(H,14,15). The number of para-hydroxylation sites is 1. The predicted molar refractivity (Wildman–Crippen MR) is 60.5 cm³/mol. The highest BCUT2D eigenvalue weighted by molar-refractivity contribution is 5.97. The first-order valence-corrected chi connectivity index (χ1v) is 5.25. The van der Waals surface area contributed by atoms with Gasteiger partial charge in [-0.3, -0.25) is 4.79 Å². The molecule has 0 aromatic heterocycles. The van der Waals surface area contributed by atoms with Crippen LogP contribution in [0.15, 0.2) is 24.3 Å². The average molecular weight is 204 g/mol. The smallest absolute Gasteiger partial charge is 0.231 e. The van der Waals surface area contributed by atoms with E-state index in [4.69, 9.17) is 5.73 Å². The van der Waals surface area contributed by atoms with Crippen molar-refractivity contribution in [1.82, 2.24) is 0 Å². The lowest BCUT2D eigenvalue weighted by Crippen LogP contribution is -2.31. The van der Waals surface area contributed by atoms with Gasteiger partial charge in [0.05, 0.1) is 5.41 Å². The molecule has 1 aliphatic rings. The zero-order valence-corrected chi connectivity index (χ0v) is 8.92. The number of aryl methyl sites for hydroxylation is 1. The van der Waals surface area contributed by atoms with Gasteiger partial charge in [0, 0.05) is 12.2 Å². The molecule has 0 unspecified atom stereocenters. The normalized spacial score (nSPS) is 17.2. The molecule has 0 radical (unpaired) electrons. The fourth-order valence-electron chi connectivity index (χ4n) is 1.64. The summed E-state index contributed by atoms with van der Waals surface area (Å²) < 4.78 is 0. The van der Waals surface area contributed by atoms with Gasteiger partial charge in [-0.15, -0.1) is 0 Å². The Hall–Kier alpha value is -1.35. The van der Waals surface area contributed by atoms with Gasteiger partial charge in [-0.25, -0.2) is 0 Å². The molecule has 1 aromatic carbocycles. The molecule has 3 heteroatoms. The number of hydrogen-bond acceptors (Lipinski definition) is 2. The van der Waals surface area contributed by atoms with E-state index in [2.05, 4.69) is 5.32 Å². The van der Waals surface area contributed by atoms with Crippen LogP contribution in [0.1, 0.15) is 18.4 Å². The van der Waals surface area contributed by atoms with Crippen LogP contribution >= 0.6 is 0 Å².